The van der Waals surface area contributed by atoms with Gasteiger partial charge in [-0.15, -0.1) is 0 Å². The number of hydrogen-bond donors (Lipinski definition) is 1. The van der Waals surface area contributed by atoms with Crippen molar-refractivity contribution in [1.29, 1.82) is 0 Å². The third kappa shape index (κ3) is 4.24. The quantitative estimate of drug-likeness (QED) is 0.384. The van der Waals surface area contributed by atoms with Crippen LogP contribution in [0.1, 0.15) is 23.7 Å². The van der Waals surface area contributed by atoms with Crippen LogP contribution in [0.15, 0.2) is 33.5 Å². The Balaban J connectivity index is 2.33. The predicted octanol–water partition coefficient (Wildman–Crippen LogP) is 2.64. The lowest BCUT2D eigenvalue weighted by Gasteiger charge is -2.06. The maximum absolute atomic E-state index is 11.9. The smallest absolute Gasteiger partial charge is 0.349 e. The molecule has 1 aromatic heterocycles. The highest BCUT2D eigenvalue weighted by Gasteiger charge is 2.16. The standard InChI is InChI=1S/C15H13Cl2NO5/c1-2-5-18-13(19)10-6-8-3-4-9(22-15(21)12(16)17)7-11(8)23-14(10)20/h3-4,6-7,12H,2,5H2,1H3,(H,18,19). The number of alkyl halides is 2. The van der Waals surface area contributed by atoms with Crippen molar-refractivity contribution in [1.82, 2.24) is 5.32 Å². The summed E-state index contributed by atoms with van der Waals surface area (Å²) in [6, 6.07) is 5.79. The molecule has 23 heavy (non-hydrogen) atoms. The molecule has 1 N–H and O–H groups in total. The van der Waals surface area contributed by atoms with E-state index in [0.29, 0.717) is 11.9 Å². The molecule has 8 heteroatoms. The van der Waals surface area contributed by atoms with E-state index in [1.54, 1.807) is 6.07 Å². The van der Waals surface area contributed by atoms with Crippen LogP contribution in [0.5, 0.6) is 5.75 Å². The number of fused-ring (bicyclic) bond motifs is 1. The molecule has 0 bridgehead atoms. The van der Waals surface area contributed by atoms with Crippen LogP contribution in [0.4, 0.5) is 0 Å². The van der Waals surface area contributed by atoms with Crippen LogP contribution < -0.4 is 15.7 Å². The first-order chi connectivity index (χ1) is 10.9. The van der Waals surface area contributed by atoms with Gasteiger partial charge in [-0.25, -0.2) is 9.59 Å². The van der Waals surface area contributed by atoms with Gasteiger partial charge in [-0.05, 0) is 24.6 Å². The Labute approximate surface area is 141 Å². The first-order valence-corrected chi connectivity index (χ1v) is 7.65. The molecular weight excluding hydrogens is 345 g/mol. The van der Waals surface area contributed by atoms with Crippen molar-refractivity contribution < 1.29 is 18.7 Å². The van der Waals surface area contributed by atoms with Gasteiger partial charge >= 0.3 is 11.6 Å². The van der Waals surface area contributed by atoms with Crippen LogP contribution >= 0.6 is 23.2 Å². The zero-order valence-electron chi connectivity index (χ0n) is 12.1. The Hall–Kier alpha value is -2.05. The Morgan fingerprint density at radius 3 is 2.70 bits per heavy atom. The number of benzene rings is 1. The summed E-state index contributed by atoms with van der Waals surface area (Å²) in [7, 11) is 0. The second-order valence-electron chi connectivity index (χ2n) is 4.62. The molecule has 0 atom stereocenters. The van der Waals surface area contributed by atoms with E-state index in [4.69, 9.17) is 32.4 Å². The molecule has 0 saturated carbocycles. The fourth-order valence-corrected chi connectivity index (χ4v) is 1.90. The summed E-state index contributed by atoms with van der Waals surface area (Å²) < 4.78 is 10.0. The molecule has 0 spiro atoms. The second kappa shape index (κ2) is 7.48. The second-order valence-corrected chi connectivity index (χ2v) is 5.72. The Morgan fingerprint density at radius 2 is 2.04 bits per heavy atom. The lowest BCUT2D eigenvalue weighted by molar-refractivity contribution is -0.132. The molecule has 0 saturated heterocycles. The van der Waals surface area contributed by atoms with E-state index in [2.05, 4.69) is 5.32 Å². The highest BCUT2D eigenvalue weighted by atomic mass is 35.5. The molecule has 0 aliphatic rings. The monoisotopic (exact) mass is 357 g/mol. The van der Waals surface area contributed by atoms with Gasteiger partial charge in [-0.2, -0.15) is 0 Å². The van der Waals surface area contributed by atoms with Crippen LogP contribution in [0, 0.1) is 0 Å². The molecule has 0 radical (unpaired) electrons. The van der Waals surface area contributed by atoms with E-state index in [1.807, 2.05) is 6.92 Å². The SMILES string of the molecule is CCCNC(=O)c1cc2ccc(OC(=O)C(Cl)Cl)cc2oc1=O. The van der Waals surface area contributed by atoms with Crippen molar-refractivity contribution in [3.63, 3.8) is 0 Å². The fraction of sp³-hybridized carbons (Fsp3) is 0.267. The minimum Gasteiger partial charge on any atom is -0.424 e. The van der Waals surface area contributed by atoms with E-state index >= 15 is 0 Å². The van der Waals surface area contributed by atoms with Gasteiger partial charge in [0.05, 0.1) is 0 Å². The molecule has 1 aromatic carbocycles. The molecule has 2 rings (SSSR count). The normalized spacial score (nSPS) is 10.8. The zero-order valence-corrected chi connectivity index (χ0v) is 13.6. The third-order valence-electron chi connectivity index (χ3n) is 2.88. The van der Waals surface area contributed by atoms with E-state index in [-0.39, 0.29) is 16.9 Å². The lowest BCUT2D eigenvalue weighted by Crippen LogP contribution is -2.28. The highest BCUT2D eigenvalue weighted by Crippen LogP contribution is 2.21. The number of carbonyl (C=O) groups is 2. The van der Waals surface area contributed by atoms with Gasteiger partial charge in [0.1, 0.15) is 16.9 Å². The predicted molar refractivity (Wildman–Crippen MR) is 86.2 cm³/mol. The first-order valence-electron chi connectivity index (χ1n) is 6.78. The third-order valence-corrected chi connectivity index (χ3v) is 3.24. The average Bonchev–Trinajstić information content (AvgIpc) is 2.51. The summed E-state index contributed by atoms with van der Waals surface area (Å²) in [5, 5.41) is 3.12. The highest BCUT2D eigenvalue weighted by molar-refractivity contribution is 6.53. The molecule has 0 aliphatic carbocycles. The van der Waals surface area contributed by atoms with E-state index in [1.165, 1.54) is 18.2 Å². The van der Waals surface area contributed by atoms with Gasteiger partial charge in [0, 0.05) is 18.0 Å². The summed E-state index contributed by atoms with van der Waals surface area (Å²) in [5.41, 5.74) is -0.688. The van der Waals surface area contributed by atoms with Crippen molar-refractivity contribution in [2.45, 2.75) is 18.2 Å². The van der Waals surface area contributed by atoms with Crippen molar-refractivity contribution in [2.24, 2.45) is 0 Å². The first kappa shape index (κ1) is 17.3. The Kier molecular flexibility index (Phi) is 5.63. The Morgan fingerprint density at radius 1 is 1.30 bits per heavy atom. The average molecular weight is 358 g/mol. The van der Waals surface area contributed by atoms with Crippen LogP contribution in [0.3, 0.4) is 0 Å². The summed E-state index contributed by atoms with van der Waals surface area (Å²) in [6.45, 7) is 2.36. The Bertz CT molecular complexity index is 800. The summed E-state index contributed by atoms with van der Waals surface area (Å²) >= 11 is 10.8. The van der Waals surface area contributed by atoms with Gasteiger partial charge in [0.15, 0.2) is 0 Å². The molecule has 2 aromatic rings. The number of amides is 1. The molecule has 1 amide bonds. The van der Waals surface area contributed by atoms with Crippen LogP contribution in [-0.2, 0) is 4.79 Å². The van der Waals surface area contributed by atoms with E-state index in [9.17, 15) is 14.4 Å². The number of halogens is 2. The largest absolute Gasteiger partial charge is 0.424 e. The zero-order chi connectivity index (χ0) is 17.0. The summed E-state index contributed by atoms with van der Waals surface area (Å²) in [5.74, 6) is -1.21. The van der Waals surface area contributed by atoms with Crippen LogP contribution in [-0.4, -0.2) is 23.3 Å². The number of esters is 1. The van der Waals surface area contributed by atoms with Gasteiger partial charge in [0.2, 0.25) is 4.84 Å². The molecule has 0 aliphatic heterocycles. The lowest BCUT2D eigenvalue weighted by atomic mass is 10.1. The molecule has 0 fully saturated rings. The van der Waals surface area contributed by atoms with Crippen LogP contribution in [0.2, 0.25) is 0 Å². The van der Waals surface area contributed by atoms with Crippen molar-refractivity contribution in [2.75, 3.05) is 6.54 Å². The van der Waals surface area contributed by atoms with Crippen molar-refractivity contribution in [3.8, 4) is 5.75 Å². The number of ether oxygens (including phenoxy) is 1. The minimum atomic E-state index is -1.32. The number of carbonyl (C=O) groups excluding carboxylic acids is 2. The van der Waals surface area contributed by atoms with Gasteiger partial charge in [-0.3, -0.25) is 4.79 Å². The minimum absolute atomic E-state index is 0.0859. The molecule has 122 valence electrons. The molecule has 1 heterocycles. The van der Waals surface area contributed by atoms with Crippen LogP contribution in [0.25, 0.3) is 11.0 Å². The van der Waals surface area contributed by atoms with Crippen molar-refractivity contribution in [3.05, 3.63) is 40.2 Å². The fourth-order valence-electron chi connectivity index (χ4n) is 1.81. The van der Waals surface area contributed by atoms with Gasteiger partial charge < -0.3 is 14.5 Å². The molecule has 0 unspecified atom stereocenters. The molecule has 6 nitrogen and oxygen atoms in total. The van der Waals surface area contributed by atoms with E-state index < -0.39 is 22.3 Å². The maximum Gasteiger partial charge on any atom is 0.349 e. The van der Waals surface area contributed by atoms with Gasteiger partial charge in [0.25, 0.3) is 5.91 Å². The number of nitrogens with one attached hydrogen (secondary N) is 1. The maximum atomic E-state index is 11.9. The number of rotatable bonds is 5. The molecular formula is C15H13Cl2NO5. The van der Waals surface area contributed by atoms with Crippen molar-refractivity contribution >= 4 is 46.0 Å². The number of hydrogen-bond acceptors (Lipinski definition) is 5. The topological polar surface area (TPSA) is 85.6 Å². The summed E-state index contributed by atoms with van der Waals surface area (Å²) in [6.07, 6.45) is 0.752. The van der Waals surface area contributed by atoms with E-state index in [0.717, 1.165) is 6.42 Å². The summed E-state index contributed by atoms with van der Waals surface area (Å²) in [4.78, 5) is 33.8. The van der Waals surface area contributed by atoms with Gasteiger partial charge in [-0.1, -0.05) is 30.1 Å².